The number of para-hydroxylation sites is 1. The van der Waals surface area contributed by atoms with E-state index in [1.165, 1.54) is 6.07 Å². The van der Waals surface area contributed by atoms with Gasteiger partial charge < -0.3 is 16.0 Å². The molecule has 0 aliphatic carbocycles. The molecule has 0 aromatic heterocycles. The maximum atomic E-state index is 13.5. The minimum absolute atomic E-state index is 0.157. The second-order valence-electron chi connectivity index (χ2n) is 3.78. The zero-order valence-electron chi connectivity index (χ0n) is 8.62. The third-order valence-corrected chi connectivity index (χ3v) is 2.73. The Morgan fingerprint density at radius 3 is 3.00 bits per heavy atom. The van der Waals surface area contributed by atoms with Gasteiger partial charge in [0.05, 0.1) is 5.69 Å². The number of hydrogen-bond acceptors (Lipinski definition) is 3. The summed E-state index contributed by atoms with van der Waals surface area (Å²) in [5.74, 6) is -0.157. The molecule has 15 heavy (non-hydrogen) atoms. The van der Waals surface area contributed by atoms with Crippen molar-refractivity contribution in [1.29, 1.82) is 0 Å². The van der Waals surface area contributed by atoms with Crippen molar-refractivity contribution >= 4 is 5.69 Å². The fourth-order valence-electron chi connectivity index (χ4n) is 1.91. The first-order valence-corrected chi connectivity index (χ1v) is 5.24. The van der Waals surface area contributed by atoms with Crippen LogP contribution in [0.25, 0.3) is 0 Å². The van der Waals surface area contributed by atoms with E-state index in [2.05, 4.69) is 5.32 Å². The quantitative estimate of drug-likeness (QED) is 0.748. The average molecular weight is 209 g/mol. The van der Waals surface area contributed by atoms with Crippen molar-refractivity contribution in [2.45, 2.75) is 6.04 Å². The lowest BCUT2D eigenvalue weighted by Crippen LogP contribution is -2.53. The molecule has 1 fully saturated rings. The van der Waals surface area contributed by atoms with Crippen LogP contribution in [0.1, 0.15) is 0 Å². The minimum Gasteiger partial charge on any atom is -0.366 e. The fourth-order valence-corrected chi connectivity index (χ4v) is 1.91. The number of halogens is 1. The molecule has 0 amide bonds. The number of anilines is 1. The summed E-state index contributed by atoms with van der Waals surface area (Å²) in [4.78, 5) is 2.04. The summed E-state index contributed by atoms with van der Waals surface area (Å²) >= 11 is 0. The van der Waals surface area contributed by atoms with Crippen LogP contribution in [0.3, 0.4) is 0 Å². The van der Waals surface area contributed by atoms with Crippen LogP contribution >= 0.6 is 0 Å². The molecule has 0 bridgehead atoms. The van der Waals surface area contributed by atoms with Crippen molar-refractivity contribution in [3.8, 4) is 0 Å². The third-order valence-electron chi connectivity index (χ3n) is 2.73. The molecule has 0 radical (unpaired) electrons. The molecular formula is C11H16FN3. The fraction of sp³-hybridized carbons (Fsp3) is 0.455. The van der Waals surface area contributed by atoms with Crippen molar-refractivity contribution in [3.63, 3.8) is 0 Å². The Hall–Kier alpha value is -1.13. The monoisotopic (exact) mass is 209 g/mol. The Bertz CT molecular complexity index is 329. The van der Waals surface area contributed by atoms with E-state index >= 15 is 0 Å². The van der Waals surface area contributed by atoms with Crippen molar-refractivity contribution in [2.24, 2.45) is 5.73 Å². The molecule has 1 saturated heterocycles. The summed E-state index contributed by atoms with van der Waals surface area (Å²) in [5, 5.41) is 3.30. The van der Waals surface area contributed by atoms with Crippen LogP contribution in [0.2, 0.25) is 0 Å². The lowest BCUT2D eigenvalue weighted by atomic mass is 10.2. The zero-order chi connectivity index (χ0) is 10.7. The standard InChI is InChI=1S/C11H16FN3/c12-10-3-1-2-4-11(10)15-6-5-14-9(7-13)8-15/h1-4,9,14H,5-8,13H2. The van der Waals surface area contributed by atoms with Crippen molar-refractivity contribution in [3.05, 3.63) is 30.1 Å². The van der Waals surface area contributed by atoms with Gasteiger partial charge in [0.15, 0.2) is 0 Å². The molecule has 1 unspecified atom stereocenters. The average Bonchev–Trinajstić information content (AvgIpc) is 2.30. The molecule has 2 rings (SSSR count). The number of piperazine rings is 1. The molecular weight excluding hydrogens is 193 g/mol. The maximum Gasteiger partial charge on any atom is 0.146 e. The smallest absolute Gasteiger partial charge is 0.146 e. The molecule has 1 aromatic rings. The highest BCUT2D eigenvalue weighted by atomic mass is 19.1. The number of benzene rings is 1. The molecule has 1 aliphatic rings. The van der Waals surface area contributed by atoms with Crippen LogP contribution in [-0.2, 0) is 0 Å². The number of nitrogens with zero attached hydrogens (tertiary/aromatic N) is 1. The molecule has 4 heteroatoms. The van der Waals surface area contributed by atoms with Crippen LogP contribution in [0.4, 0.5) is 10.1 Å². The predicted molar refractivity (Wildman–Crippen MR) is 59.5 cm³/mol. The van der Waals surface area contributed by atoms with E-state index in [4.69, 9.17) is 5.73 Å². The molecule has 1 aliphatic heterocycles. The Labute approximate surface area is 89.1 Å². The molecule has 82 valence electrons. The van der Waals surface area contributed by atoms with Gasteiger partial charge in [-0.3, -0.25) is 0 Å². The van der Waals surface area contributed by atoms with Gasteiger partial charge in [0, 0.05) is 32.2 Å². The van der Waals surface area contributed by atoms with Crippen molar-refractivity contribution in [2.75, 3.05) is 31.1 Å². The van der Waals surface area contributed by atoms with Gasteiger partial charge in [-0.05, 0) is 12.1 Å². The van der Waals surface area contributed by atoms with Crippen LogP contribution in [-0.4, -0.2) is 32.2 Å². The van der Waals surface area contributed by atoms with E-state index < -0.39 is 0 Å². The number of nitrogens with two attached hydrogens (primary N) is 1. The van der Waals surface area contributed by atoms with Gasteiger partial charge in [0.1, 0.15) is 5.82 Å². The molecule has 1 atom stereocenters. The molecule has 0 spiro atoms. The Balaban J connectivity index is 2.13. The van der Waals surface area contributed by atoms with Crippen LogP contribution < -0.4 is 16.0 Å². The third kappa shape index (κ3) is 2.27. The van der Waals surface area contributed by atoms with Gasteiger partial charge in [-0.2, -0.15) is 0 Å². The molecule has 1 aromatic carbocycles. The first-order chi connectivity index (χ1) is 7.31. The summed E-state index contributed by atoms with van der Waals surface area (Å²) < 4.78 is 13.5. The van der Waals surface area contributed by atoms with Crippen molar-refractivity contribution < 1.29 is 4.39 Å². The zero-order valence-corrected chi connectivity index (χ0v) is 8.62. The SMILES string of the molecule is NCC1CN(c2ccccc2F)CCN1. The van der Waals surface area contributed by atoms with Crippen LogP contribution in [0.15, 0.2) is 24.3 Å². The normalized spacial score (nSPS) is 21.7. The first kappa shape index (κ1) is 10.4. The van der Waals surface area contributed by atoms with E-state index in [-0.39, 0.29) is 11.9 Å². The highest BCUT2D eigenvalue weighted by Gasteiger charge is 2.19. The lowest BCUT2D eigenvalue weighted by molar-refractivity contribution is 0.459. The van der Waals surface area contributed by atoms with Gasteiger partial charge in [-0.15, -0.1) is 0 Å². The van der Waals surface area contributed by atoms with E-state index in [0.717, 1.165) is 19.6 Å². The summed E-state index contributed by atoms with van der Waals surface area (Å²) in [7, 11) is 0. The topological polar surface area (TPSA) is 41.3 Å². The molecule has 3 nitrogen and oxygen atoms in total. The minimum atomic E-state index is -0.157. The summed E-state index contributed by atoms with van der Waals surface area (Å²) in [6.07, 6.45) is 0. The second-order valence-corrected chi connectivity index (χ2v) is 3.78. The summed E-state index contributed by atoms with van der Waals surface area (Å²) in [5.41, 5.74) is 6.28. The van der Waals surface area contributed by atoms with Crippen LogP contribution in [0, 0.1) is 5.82 Å². The van der Waals surface area contributed by atoms with E-state index in [9.17, 15) is 4.39 Å². The Kier molecular flexibility index (Phi) is 3.18. The predicted octanol–water partition coefficient (Wildman–Crippen LogP) is 0.563. The largest absolute Gasteiger partial charge is 0.366 e. The van der Waals surface area contributed by atoms with E-state index in [1.54, 1.807) is 6.07 Å². The highest BCUT2D eigenvalue weighted by Crippen LogP contribution is 2.19. The molecule has 1 heterocycles. The molecule has 3 N–H and O–H groups in total. The van der Waals surface area contributed by atoms with Crippen LogP contribution in [0.5, 0.6) is 0 Å². The Morgan fingerprint density at radius 1 is 1.47 bits per heavy atom. The Morgan fingerprint density at radius 2 is 2.27 bits per heavy atom. The lowest BCUT2D eigenvalue weighted by Gasteiger charge is -2.34. The van der Waals surface area contributed by atoms with E-state index in [0.29, 0.717) is 12.2 Å². The van der Waals surface area contributed by atoms with Gasteiger partial charge in [0.25, 0.3) is 0 Å². The first-order valence-electron chi connectivity index (χ1n) is 5.24. The number of hydrogen-bond donors (Lipinski definition) is 2. The molecule has 0 saturated carbocycles. The van der Waals surface area contributed by atoms with Gasteiger partial charge in [0.2, 0.25) is 0 Å². The van der Waals surface area contributed by atoms with E-state index in [1.807, 2.05) is 17.0 Å². The van der Waals surface area contributed by atoms with Gasteiger partial charge >= 0.3 is 0 Å². The maximum absolute atomic E-state index is 13.5. The van der Waals surface area contributed by atoms with Crippen molar-refractivity contribution in [1.82, 2.24) is 5.32 Å². The summed E-state index contributed by atoms with van der Waals surface area (Å²) in [6.45, 7) is 3.05. The number of nitrogens with one attached hydrogen (secondary N) is 1. The number of rotatable bonds is 2. The second kappa shape index (κ2) is 4.59. The van der Waals surface area contributed by atoms with Gasteiger partial charge in [-0.25, -0.2) is 4.39 Å². The summed E-state index contributed by atoms with van der Waals surface area (Å²) in [6, 6.07) is 7.14. The van der Waals surface area contributed by atoms with Gasteiger partial charge in [-0.1, -0.05) is 12.1 Å². The highest BCUT2D eigenvalue weighted by molar-refractivity contribution is 5.48.